The first-order chi connectivity index (χ1) is 16.0. The Morgan fingerprint density at radius 3 is 2.42 bits per heavy atom. The fourth-order valence-electron chi connectivity index (χ4n) is 5.54. The summed E-state index contributed by atoms with van der Waals surface area (Å²) >= 11 is 0. The van der Waals surface area contributed by atoms with Crippen LogP contribution in [0.2, 0.25) is 0 Å². The number of rotatable bonds is 8. The van der Waals surface area contributed by atoms with Crippen LogP contribution in [0.4, 0.5) is 5.82 Å². The second-order valence-electron chi connectivity index (χ2n) is 10.5. The topological polar surface area (TPSA) is 90.2 Å². The van der Waals surface area contributed by atoms with Gasteiger partial charge in [-0.2, -0.15) is 10.2 Å². The van der Waals surface area contributed by atoms with Crippen LogP contribution in [-0.4, -0.2) is 82.0 Å². The normalized spacial score (nSPS) is 30.6. The summed E-state index contributed by atoms with van der Waals surface area (Å²) < 4.78 is 13.2. The number of aryl methyl sites for hydroxylation is 1. The van der Waals surface area contributed by atoms with Crippen molar-refractivity contribution in [3.8, 4) is 5.69 Å². The maximum atomic E-state index is 5.62. The molecule has 33 heavy (non-hydrogen) atoms. The van der Waals surface area contributed by atoms with Crippen LogP contribution in [0, 0.1) is 12.3 Å². The van der Waals surface area contributed by atoms with E-state index < -0.39 is 0 Å². The predicted molar refractivity (Wildman–Crippen MR) is 126 cm³/mol. The van der Waals surface area contributed by atoms with E-state index in [2.05, 4.69) is 43.5 Å². The Bertz CT molecular complexity index is 940. The molecule has 2 aromatic rings. The van der Waals surface area contributed by atoms with Crippen LogP contribution in [0.15, 0.2) is 12.3 Å². The van der Waals surface area contributed by atoms with Gasteiger partial charge in [0.1, 0.15) is 11.6 Å². The summed E-state index contributed by atoms with van der Waals surface area (Å²) in [5, 5.41) is 16.9. The zero-order valence-corrected chi connectivity index (χ0v) is 20.3. The van der Waals surface area contributed by atoms with Crippen LogP contribution < -0.4 is 5.32 Å². The van der Waals surface area contributed by atoms with Crippen LogP contribution in [0.1, 0.15) is 63.0 Å². The van der Waals surface area contributed by atoms with Gasteiger partial charge < -0.3 is 14.8 Å². The van der Waals surface area contributed by atoms with Crippen molar-refractivity contribution in [2.45, 2.75) is 76.5 Å². The first-order valence-corrected chi connectivity index (χ1v) is 12.3. The molecule has 1 saturated heterocycles. The van der Waals surface area contributed by atoms with E-state index in [-0.39, 0.29) is 12.2 Å². The number of nitrogens with one attached hydrogen (secondary N) is 1. The highest BCUT2D eigenvalue weighted by Gasteiger charge is 2.38. The van der Waals surface area contributed by atoms with E-state index in [1.807, 2.05) is 11.6 Å². The molecule has 5 rings (SSSR count). The Balaban J connectivity index is 1.18. The van der Waals surface area contributed by atoms with E-state index in [1.165, 1.54) is 25.7 Å². The fraction of sp³-hybridized carbons (Fsp3) is 0.750. The monoisotopic (exact) mass is 455 g/mol. The molecule has 3 fully saturated rings. The maximum absolute atomic E-state index is 5.62. The molecule has 9 heteroatoms. The summed E-state index contributed by atoms with van der Waals surface area (Å²) in [5.41, 5.74) is 1.26. The van der Waals surface area contributed by atoms with Crippen molar-refractivity contribution < 1.29 is 9.47 Å². The minimum absolute atomic E-state index is 0.177. The maximum Gasteiger partial charge on any atom is 0.151 e. The highest BCUT2D eigenvalue weighted by atomic mass is 16.5. The van der Waals surface area contributed by atoms with Crippen molar-refractivity contribution >= 4 is 5.82 Å². The van der Waals surface area contributed by atoms with Crippen molar-refractivity contribution in [2.24, 2.45) is 5.41 Å². The molecule has 9 nitrogen and oxygen atoms in total. The highest BCUT2D eigenvalue weighted by Crippen LogP contribution is 2.40. The van der Waals surface area contributed by atoms with Crippen molar-refractivity contribution in [1.29, 1.82) is 0 Å². The van der Waals surface area contributed by atoms with E-state index in [0.717, 1.165) is 55.6 Å². The van der Waals surface area contributed by atoms with Gasteiger partial charge in [-0.05, 0) is 50.9 Å². The van der Waals surface area contributed by atoms with Crippen LogP contribution >= 0.6 is 0 Å². The third-order valence-electron chi connectivity index (χ3n) is 7.61. The van der Waals surface area contributed by atoms with Gasteiger partial charge in [-0.1, -0.05) is 6.92 Å². The molecule has 2 saturated carbocycles. The van der Waals surface area contributed by atoms with Crippen LogP contribution in [0.5, 0.6) is 0 Å². The summed E-state index contributed by atoms with van der Waals surface area (Å²) in [6.07, 6.45) is 9.17. The van der Waals surface area contributed by atoms with E-state index >= 15 is 0 Å². The Labute approximate surface area is 196 Å². The zero-order chi connectivity index (χ0) is 23.0. The third-order valence-corrected chi connectivity index (χ3v) is 7.61. The predicted octanol–water partition coefficient (Wildman–Crippen LogP) is 2.95. The van der Waals surface area contributed by atoms with Crippen LogP contribution in [0.25, 0.3) is 5.69 Å². The molecule has 1 aliphatic heterocycles. The molecule has 2 atom stereocenters. The summed E-state index contributed by atoms with van der Waals surface area (Å²) in [5.74, 6) is 3.21. The number of hydrogen-bond donors (Lipinski definition) is 1. The van der Waals surface area contributed by atoms with Gasteiger partial charge in [0, 0.05) is 51.9 Å². The van der Waals surface area contributed by atoms with Gasteiger partial charge >= 0.3 is 0 Å². The minimum Gasteiger partial charge on any atom is -0.377 e. The Morgan fingerprint density at radius 1 is 1.09 bits per heavy atom. The van der Waals surface area contributed by atoms with E-state index in [1.54, 1.807) is 20.4 Å². The van der Waals surface area contributed by atoms with Gasteiger partial charge in [-0.3, -0.25) is 4.90 Å². The molecular weight excluding hydrogens is 418 g/mol. The van der Waals surface area contributed by atoms with Crippen molar-refractivity contribution in [3.05, 3.63) is 23.9 Å². The molecule has 3 heterocycles. The fourth-order valence-corrected chi connectivity index (χ4v) is 5.54. The molecule has 0 aromatic carbocycles. The lowest BCUT2D eigenvalue weighted by molar-refractivity contribution is -0.00461. The SMILES string of the molecule is CO[C@@H]1CN(CC2(C)CCC(Nc3cc(-n4nc(C)nc4C4CC4)cnn3)CC2)C[C@H]1OC. The molecule has 0 spiro atoms. The second-order valence-corrected chi connectivity index (χ2v) is 10.5. The first kappa shape index (κ1) is 22.7. The lowest BCUT2D eigenvalue weighted by atomic mass is 9.73. The van der Waals surface area contributed by atoms with Crippen LogP contribution in [0.3, 0.4) is 0 Å². The molecule has 0 amide bonds. The average molecular weight is 456 g/mol. The molecule has 180 valence electrons. The summed E-state index contributed by atoms with van der Waals surface area (Å²) in [7, 11) is 3.57. The van der Waals surface area contributed by atoms with Crippen molar-refractivity contribution in [1.82, 2.24) is 29.9 Å². The van der Waals surface area contributed by atoms with Crippen molar-refractivity contribution in [3.63, 3.8) is 0 Å². The molecular formula is C24H37N7O2. The molecule has 3 aliphatic rings. The van der Waals surface area contributed by atoms with E-state index in [4.69, 9.17) is 9.47 Å². The van der Waals surface area contributed by atoms with Crippen LogP contribution in [-0.2, 0) is 9.47 Å². The van der Waals surface area contributed by atoms with Gasteiger partial charge in [0.2, 0.25) is 0 Å². The number of methoxy groups -OCH3 is 2. The number of aromatic nitrogens is 5. The van der Waals surface area contributed by atoms with Crippen molar-refractivity contribution in [2.75, 3.05) is 39.2 Å². The third kappa shape index (κ3) is 5.05. The number of ether oxygens (including phenoxy) is 2. The molecule has 2 aliphatic carbocycles. The number of nitrogens with zero attached hydrogens (tertiary/aromatic N) is 6. The average Bonchev–Trinajstić information content (AvgIpc) is 3.47. The summed E-state index contributed by atoms with van der Waals surface area (Å²) in [6, 6.07) is 2.47. The number of anilines is 1. The van der Waals surface area contributed by atoms with Gasteiger partial charge in [-0.15, -0.1) is 5.10 Å². The number of likely N-dealkylation sites (tertiary alicyclic amines) is 1. The second kappa shape index (κ2) is 9.27. The lowest BCUT2D eigenvalue weighted by Crippen LogP contribution is -2.40. The molecule has 0 bridgehead atoms. The van der Waals surface area contributed by atoms with E-state index in [9.17, 15) is 0 Å². The quantitative estimate of drug-likeness (QED) is 0.650. The van der Waals surface area contributed by atoms with Gasteiger partial charge in [0.25, 0.3) is 0 Å². The van der Waals surface area contributed by atoms with Gasteiger partial charge in [0.05, 0.1) is 24.1 Å². The molecule has 0 unspecified atom stereocenters. The lowest BCUT2D eigenvalue weighted by Gasteiger charge is -2.40. The first-order valence-electron chi connectivity index (χ1n) is 12.3. The van der Waals surface area contributed by atoms with Gasteiger partial charge in [-0.25, -0.2) is 9.67 Å². The largest absolute Gasteiger partial charge is 0.377 e. The smallest absolute Gasteiger partial charge is 0.151 e. The van der Waals surface area contributed by atoms with Gasteiger partial charge in [0.15, 0.2) is 5.82 Å². The standard InChI is InChI=1S/C24H37N7O2/c1-16-26-23(17-5-6-17)31(29-16)19-11-22(28-25-12-19)27-18-7-9-24(2,10-8-18)15-30-13-20(32-3)21(14-30)33-4/h11-12,17-18,20-21H,5-10,13-15H2,1-4H3,(H,27,28)/t18?,20-,21-,24?/m1/s1. The minimum atomic E-state index is 0.177. The Kier molecular flexibility index (Phi) is 6.37. The highest BCUT2D eigenvalue weighted by molar-refractivity contribution is 5.44. The Hall–Kier alpha value is -2.10. The molecule has 0 radical (unpaired) electrons. The zero-order valence-electron chi connectivity index (χ0n) is 20.3. The summed E-state index contributed by atoms with van der Waals surface area (Å²) in [6.45, 7) is 7.39. The number of hydrogen-bond acceptors (Lipinski definition) is 8. The molecule has 1 N–H and O–H groups in total. The Morgan fingerprint density at radius 2 is 1.79 bits per heavy atom. The van der Waals surface area contributed by atoms with E-state index in [0.29, 0.717) is 17.4 Å². The summed E-state index contributed by atoms with van der Waals surface area (Å²) in [4.78, 5) is 7.15. The molecule has 2 aromatic heterocycles.